The molecule has 0 bridgehead atoms. The Balaban J connectivity index is 2.30. The van der Waals surface area contributed by atoms with Crippen LogP contribution in [0.15, 0.2) is 30.3 Å². The monoisotopic (exact) mass is 282 g/mol. The van der Waals surface area contributed by atoms with Gasteiger partial charge in [-0.1, -0.05) is 37.3 Å². The number of rotatable bonds is 7. The van der Waals surface area contributed by atoms with Crippen molar-refractivity contribution in [3.8, 4) is 0 Å². The van der Waals surface area contributed by atoms with E-state index in [1.165, 1.54) is 0 Å². The minimum atomic E-state index is -0.722. The Kier molecular flexibility index (Phi) is 6.97. The first-order valence-corrected chi connectivity index (χ1v) is 6.82. The third kappa shape index (κ3) is 5.75. The fourth-order valence-electron chi connectivity index (χ4n) is 1.52. The second-order valence-corrected chi connectivity index (χ2v) is 4.60. The molecular weight excluding hydrogens is 264 g/mol. The zero-order valence-electron chi connectivity index (χ0n) is 11.0. The molecule has 1 aromatic rings. The number of halogens is 1. The topological polar surface area (TPSA) is 58.2 Å². The number of hydrogen-bond donors (Lipinski definition) is 2. The van der Waals surface area contributed by atoms with E-state index in [4.69, 9.17) is 11.6 Å². The predicted octanol–water partition coefficient (Wildman–Crippen LogP) is 2.00. The number of hydrogen-bond acceptors (Lipinski definition) is 2. The molecule has 4 nitrogen and oxygen atoms in total. The summed E-state index contributed by atoms with van der Waals surface area (Å²) in [7, 11) is 0. The summed E-state index contributed by atoms with van der Waals surface area (Å²) in [5.41, 5.74) is 0.747. The quantitative estimate of drug-likeness (QED) is 0.752. The highest BCUT2D eigenvalue weighted by atomic mass is 35.5. The van der Waals surface area contributed by atoms with Gasteiger partial charge in [-0.05, 0) is 12.0 Å². The van der Waals surface area contributed by atoms with Gasteiger partial charge in [0.25, 0.3) is 0 Å². The number of nitrogens with one attached hydrogen (secondary N) is 2. The van der Waals surface area contributed by atoms with Crippen molar-refractivity contribution in [2.45, 2.75) is 25.1 Å². The maximum absolute atomic E-state index is 11.8. The minimum Gasteiger partial charge on any atom is -0.356 e. The standard InChI is InChI=1S/C14H19ClN2O2/c1-2-9-16-12(18)8-10-17-14(19)13(15)11-6-4-3-5-7-11/h3-7,13H,2,8-10H2,1H3,(H,16,18)(H,17,19). The molecule has 1 rings (SSSR count). The summed E-state index contributed by atoms with van der Waals surface area (Å²) in [4.78, 5) is 23.1. The van der Waals surface area contributed by atoms with Crippen LogP contribution in [0.2, 0.25) is 0 Å². The number of amides is 2. The molecule has 0 saturated carbocycles. The average molecular weight is 283 g/mol. The van der Waals surface area contributed by atoms with Crippen LogP contribution in [0.4, 0.5) is 0 Å². The van der Waals surface area contributed by atoms with Crippen LogP contribution >= 0.6 is 11.6 Å². The van der Waals surface area contributed by atoms with E-state index >= 15 is 0 Å². The molecule has 1 atom stereocenters. The first-order chi connectivity index (χ1) is 9.15. The third-order valence-electron chi connectivity index (χ3n) is 2.55. The predicted molar refractivity (Wildman–Crippen MR) is 76.0 cm³/mol. The van der Waals surface area contributed by atoms with Gasteiger partial charge in [-0.15, -0.1) is 11.6 Å². The molecule has 1 unspecified atom stereocenters. The summed E-state index contributed by atoms with van der Waals surface area (Å²) in [5.74, 6) is -0.343. The molecule has 0 aliphatic rings. The lowest BCUT2D eigenvalue weighted by atomic mass is 10.1. The molecule has 0 aromatic heterocycles. The molecule has 1 aromatic carbocycles. The smallest absolute Gasteiger partial charge is 0.242 e. The summed E-state index contributed by atoms with van der Waals surface area (Å²) in [5, 5.41) is 4.68. The fraction of sp³-hybridized carbons (Fsp3) is 0.429. The largest absolute Gasteiger partial charge is 0.356 e. The lowest BCUT2D eigenvalue weighted by molar-refractivity contribution is -0.122. The Morgan fingerprint density at radius 3 is 2.47 bits per heavy atom. The van der Waals surface area contributed by atoms with E-state index < -0.39 is 5.38 Å². The van der Waals surface area contributed by atoms with E-state index in [-0.39, 0.29) is 18.2 Å². The van der Waals surface area contributed by atoms with Crippen molar-refractivity contribution < 1.29 is 9.59 Å². The van der Waals surface area contributed by atoms with Crippen molar-refractivity contribution in [2.24, 2.45) is 0 Å². The highest BCUT2D eigenvalue weighted by Gasteiger charge is 2.16. The maximum Gasteiger partial charge on any atom is 0.242 e. The third-order valence-corrected chi connectivity index (χ3v) is 3.00. The second-order valence-electron chi connectivity index (χ2n) is 4.16. The molecule has 0 fully saturated rings. The summed E-state index contributed by atoms with van der Waals surface area (Å²) < 4.78 is 0. The lowest BCUT2D eigenvalue weighted by Crippen LogP contribution is -2.32. The van der Waals surface area contributed by atoms with E-state index in [9.17, 15) is 9.59 Å². The van der Waals surface area contributed by atoms with E-state index in [0.29, 0.717) is 13.1 Å². The van der Waals surface area contributed by atoms with E-state index in [1.807, 2.05) is 25.1 Å². The normalized spacial score (nSPS) is 11.7. The molecule has 0 aliphatic carbocycles. The highest BCUT2D eigenvalue weighted by Crippen LogP contribution is 2.19. The number of alkyl halides is 1. The van der Waals surface area contributed by atoms with E-state index in [0.717, 1.165) is 12.0 Å². The van der Waals surface area contributed by atoms with Crippen LogP contribution in [0.25, 0.3) is 0 Å². The van der Waals surface area contributed by atoms with Gasteiger partial charge in [0, 0.05) is 19.5 Å². The number of carbonyl (C=O) groups is 2. The zero-order valence-corrected chi connectivity index (χ0v) is 11.7. The molecule has 2 N–H and O–H groups in total. The van der Waals surface area contributed by atoms with Gasteiger partial charge in [0.05, 0.1) is 0 Å². The van der Waals surface area contributed by atoms with Crippen LogP contribution < -0.4 is 10.6 Å². The van der Waals surface area contributed by atoms with Crippen molar-refractivity contribution in [1.82, 2.24) is 10.6 Å². The highest BCUT2D eigenvalue weighted by molar-refractivity contribution is 6.30. The fourth-order valence-corrected chi connectivity index (χ4v) is 1.74. The van der Waals surface area contributed by atoms with Gasteiger partial charge in [-0.3, -0.25) is 9.59 Å². The zero-order chi connectivity index (χ0) is 14.1. The molecule has 5 heteroatoms. The molecule has 0 saturated heterocycles. The molecule has 0 heterocycles. The summed E-state index contributed by atoms with van der Waals surface area (Å²) in [6, 6.07) is 9.12. The molecule has 19 heavy (non-hydrogen) atoms. The van der Waals surface area contributed by atoms with Gasteiger partial charge in [-0.25, -0.2) is 0 Å². The lowest BCUT2D eigenvalue weighted by Gasteiger charge is -2.10. The van der Waals surface area contributed by atoms with Crippen LogP contribution in [0, 0.1) is 0 Å². The average Bonchev–Trinajstić information content (AvgIpc) is 2.45. The van der Waals surface area contributed by atoms with Crippen molar-refractivity contribution in [1.29, 1.82) is 0 Å². The minimum absolute atomic E-state index is 0.0621. The molecule has 0 aliphatic heterocycles. The first kappa shape index (κ1) is 15.5. The summed E-state index contributed by atoms with van der Waals surface area (Å²) >= 11 is 6.04. The molecule has 0 spiro atoms. The van der Waals surface area contributed by atoms with Gasteiger partial charge in [0.1, 0.15) is 5.38 Å². The van der Waals surface area contributed by atoms with Crippen LogP contribution in [-0.2, 0) is 9.59 Å². The van der Waals surface area contributed by atoms with Gasteiger partial charge in [-0.2, -0.15) is 0 Å². The van der Waals surface area contributed by atoms with Gasteiger partial charge in [0.2, 0.25) is 11.8 Å². The van der Waals surface area contributed by atoms with Crippen molar-refractivity contribution in [3.05, 3.63) is 35.9 Å². The molecule has 104 valence electrons. The number of benzene rings is 1. The Labute approximate surface area is 118 Å². The Hall–Kier alpha value is -1.55. The van der Waals surface area contributed by atoms with Crippen molar-refractivity contribution in [2.75, 3.05) is 13.1 Å². The van der Waals surface area contributed by atoms with Crippen molar-refractivity contribution in [3.63, 3.8) is 0 Å². The second kappa shape index (κ2) is 8.53. The first-order valence-electron chi connectivity index (χ1n) is 6.38. The van der Waals surface area contributed by atoms with Crippen LogP contribution in [0.1, 0.15) is 30.7 Å². The Morgan fingerprint density at radius 2 is 1.84 bits per heavy atom. The molecule has 0 radical (unpaired) electrons. The van der Waals surface area contributed by atoms with E-state index in [1.54, 1.807) is 12.1 Å². The Bertz CT molecular complexity index is 409. The summed E-state index contributed by atoms with van der Waals surface area (Å²) in [6.45, 7) is 2.94. The molecular formula is C14H19ClN2O2. The van der Waals surface area contributed by atoms with Crippen LogP contribution in [0.5, 0.6) is 0 Å². The van der Waals surface area contributed by atoms with Gasteiger partial charge < -0.3 is 10.6 Å². The van der Waals surface area contributed by atoms with Gasteiger partial charge >= 0.3 is 0 Å². The summed E-state index contributed by atoms with van der Waals surface area (Å²) in [6.07, 6.45) is 1.17. The Morgan fingerprint density at radius 1 is 1.16 bits per heavy atom. The van der Waals surface area contributed by atoms with Gasteiger partial charge in [0.15, 0.2) is 0 Å². The SMILES string of the molecule is CCCNC(=O)CCNC(=O)C(Cl)c1ccccc1. The maximum atomic E-state index is 11.8. The van der Waals surface area contributed by atoms with Crippen LogP contribution in [0.3, 0.4) is 0 Å². The van der Waals surface area contributed by atoms with Crippen molar-refractivity contribution >= 4 is 23.4 Å². The number of carbonyl (C=O) groups excluding carboxylic acids is 2. The van der Waals surface area contributed by atoms with E-state index in [2.05, 4.69) is 10.6 Å². The van der Waals surface area contributed by atoms with Crippen LogP contribution in [-0.4, -0.2) is 24.9 Å². The molecule has 2 amide bonds.